The maximum Gasteiger partial charge on any atom is 0.220 e. The van der Waals surface area contributed by atoms with E-state index < -0.39 is 129 Å². The van der Waals surface area contributed by atoms with Gasteiger partial charge >= 0.3 is 0 Å². The Hall–Kier alpha value is -2.85. The molecule has 442 valence electrons. The predicted octanol–water partition coefficient (Wildman–Crippen LogP) is 0.0208. The summed E-state index contributed by atoms with van der Waals surface area (Å²) >= 11 is 0. The molecule has 3 saturated heterocycles. The molecule has 23 nitrogen and oxygen atoms in total. The third-order valence-electron chi connectivity index (χ3n) is 14.6. The van der Waals surface area contributed by atoms with E-state index in [1.54, 1.807) is 41.5 Å². The molecular formula is C53H95N3O20. The molecule has 3 rings (SSSR count). The zero-order chi connectivity index (χ0) is 56.5. The third-order valence-corrected chi connectivity index (χ3v) is 14.6. The molecule has 0 radical (unpaired) electrons. The van der Waals surface area contributed by atoms with Crippen molar-refractivity contribution in [3.05, 3.63) is 0 Å². The van der Waals surface area contributed by atoms with Crippen molar-refractivity contribution in [1.29, 1.82) is 0 Å². The summed E-state index contributed by atoms with van der Waals surface area (Å²) in [6, 6.07) is -0.900. The number of hydrogen-bond acceptors (Lipinski definition) is 20. The van der Waals surface area contributed by atoms with Crippen molar-refractivity contribution in [3.63, 3.8) is 0 Å². The quantitative estimate of drug-likeness (QED) is 0.0368. The number of rotatable bonds is 36. The van der Waals surface area contributed by atoms with E-state index in [-0.39, 0.29) is 81.2 Å². The van der Waals surface area contributed by atoms with E-state index in [1.807, 2.05) is 0 Å². The summed E-state index contributed by atoms with van der Waals surface area (Å²) in [5.74, 6) is -3.31. The van der Waals surface area contributed by atoms with Gasteiger partial charge in [-0.1, -0.05) is 48.0 Å². The Morgan fingerprint density at radius 1 is 0.487 bits per heavy atom. The zero-order valence-electron chi connectivity index (χ0n) is 45.8. The average molecular weight is 1090 g/mol. The number of carbonyl (C=O) groups excluding carboxylic acids is 5. The van der Waals surface area contributed by atoms with E-state index in [1.165, 1.54) is 0 Å². The zero-order valence-corrected chi connectivity index (χ0v) is 45.8. The van der Waals surface area contributed by atoms with Gasteiger partial charge in [0.25, 0.3) is 0 Å². The fourth-order valence-corrected chi connectivity index (χ4v) is 9.52. The molecular weight excluding hydrogens is 999 g/mol. The molecule has 0 aromatic rings. The van der Waals surface area contributed by atoms with Crippen LogP contribution in [0.5, 0.6) is 0 Å². The van der Waals surface area contributed by atoms with Gasteiger partial charge in [0.05, 0.1) is 44.2 Å². The first-order valence-corrected chi connectivity index (χ1v) is 27.7. The van der Waals surface area contributed by atoms with Gasteiger partial charge in [-0.3, -0.25) is 24.0 Å². The summed E-state index contributed by atoms with van der Waals surface area (Å²) in [6.45, 7) is 10.3. The fraction of sp³-hybridized carbons (Fsp3) is 0.906. The van der Waals surface area contributed by atoms with E-state index in [9.17, 15) is 69.9 Å². The lowest BCUT2D eigenvalue weighted by Crippen LogP contribution is -2.55. The van der Waals surface area contributed by atoms with E-state index >= 15 is 0 Å². The first kappa shape index (κ1) is 67.4. The van der Waals surface area contributed by atoms with Crippen molar-refractivity contribution >= 4 is 29.3 Å². The van der Waals surface area contributed by atoms with Crippen LogP contribution in [0.3, 0.4) is 0 Å². The number of ether oxygens (including phenoxy) is 6. The molecule has 3 aliphatic rings. The number of hydrogen-bond donors (Lipinski definition) is 12. The molecule has 0 aliphatic carbocycles. The Labute approximate surface area is 448 Å². The second-order valence-corrected chi connectivity index (χ2v) is 22.0. The molecule has 76 heavy (non-hydrogen) atoms. The van der Waals surface area contributed by atoms with E-state index in [2.05, 4.69) is 16.0 Å². The van der Waals surface area contributed by atoms with Crippen molar-refractivity contribution in [3.8, 4) is 0 Å². The topological polar surface area (TPSA) is 359 Å². The minimum absolute atomic E-state index is 0.0675. The van der Waals surface area contributed by atoms with Crippen LogP contribution in [0, 0.1) is 29.1 Å². The number of nitrogens with one attached hydrogen (secondary N) is 3. The lowest BCUT2D eigenvalue weighted by Gasteiger charge is -2.40. The van der Waals surface area contributed by atoms with Crippen LogP contribution >= 0.6 is 0 Å². The van der Waals surface area contributed by atoms with Crippen molar-refractivity contribution < 1.29 is 98.4 Å². The normalized spacial score (nSPS) is 30.8. The van der Waals surface area contributed by atoms with Crippen LogP contribution in [-0.2, 0) is 52.4 Å². The molecule has 3 fully saturated rings. The lowest BCUT2D eigenvalue weighted by atomic mass is 9.78. The van der Waals surface area contributed by atoms with Gasteiger partial charge in [-0.25, -0.2) is 0 Å². The molecule has 0 saturated carbocycles. The summed E-state index contributed by atoms with van der Waals surface area (Å²) in [7, 11) is 0. The predicted molar refractivity (Wildman–Crippen MR) is 273 cm³/mol. The molecule has 23 heteroatoms. The molecule has 8 unspecified atom stereocenters. The van der Waals surface area contributed by atoms with Crippen LogP contribution in [-0.4, -0.2) is 208 Å². The Bertz CT molecular complexity index is 1700. The lowest BCUT2D eigenvalue weighted by molar-refractivity contribution is -0.282. The second-order valence-electron chi connectivity index (χ2n) is 22.0. The maximum absolute atomic E-state index is 14.1. The number of amides is 3. The molecule has 0 aromatic heterocycles. The summed E-state index contributed by atoms with van der Waals surface area (Å²) < 4.78 is 34.0. The van der Waals surface area contributed by atoms with E-state index in [0.717, 1.165) is 0 Å². The number of aliphatic hydroxyl groups excluding tert-OH is 9. The summed E-state index contributed by atoms with van der Waals surface area (Å²) in [5.41, 5.74) is -0.755. The molecule has 3 heterocycles. The second kappa shape index (κ2) is 35.0. The largest absolute Gasteiger partial charge is 0.394 e. The van der Waals surface area contributed by atoms with Gasteiger partial charge in [-0.05, 0) is 70.6 Å². The minimum Gasteiger partial charge on any atom is -0.394 e. The monoisotopic (exact) mass is 1090 g/mol. The van der Waals surface area contributed by atoms with Gasteiger partial charge in [0, 0.05) is 87.7 Å². The molecule has 12 N–H and O–H groups in total. The Morgan fingerprint density at radius 3 is 1.20 bits per heavy atom. The van der Waals surface area contributed by atoms with Gasteiger partial charge in [-0.15, -0.1) is 0 Å². The van der Waals surface area contributed by atoms with Gasteiger partial charge in [-0.2, -0.15) is 0 Å². The molecule has 3 aliphatic heterocycles. The molecule has 3 amide bonds. The van der Waals surface area contributed by atoms with Crippen molar-refractivity contribution in [1.82, 2.24) is 16.0 Å². The first-order valence-electron chi connectivity index (χ1n) is 27.7. The van der Waals surface area contributed by atoms with Crippen molar-refractivity contribution in [2.75, 3.05) is 52.7 Å². The highest BCUT2D eigenvalue weighted by Gasteiger charge is 2.45. The number of unbranched alkanes of at least 4 members (excludes halogenated alkanes) is 5. The molecule has 0 spiro atoms. The Morgan fingerprint density at radius 2 is 0.842 bits per heavy atom. The minimum atomic E-state index is -1.26. The molecule has 0 bridgehead atoms. The van der Waals surface area contributed by atoms with Crippen LogP contribution in [0.1, 0.15) is 144 Å². The highest BCUT2D eigenvalue weighted by Crippen LogP contribution is 2.31. The van der Waals surface area contributed by atoms with Crippen molar-refractivity contribution in [2.24, 2.45) is 29.1 Å². The Kier molecular flexibility index (Phi) is 31.1. The molecule has 17 atom stereocenters. The Balaban J connectivity index is 1.48. The van der Waals surface area contributed by atoms with Crippen LogP contribution in [0.15, 0.2) is 0 Å². The smallest absolute Gasteiger partial charge is 0.220 e. The fourth-order valence-electron chi connectivity index (χ4n) is 9.52. The highest BCUT2D eigenvalue weighted by molar-refractivity contribution is 5.94. The average Bonchev–Trinajstić information content (AvgIpc) is 3.38. The van der Waals surface area contributed by atoms with Crippen LogP contribution in [0.25, 0.3) is 0 Å². The summed E-state index contributed by atoms with van der Waals surface area (Å²) in [6.07, 6.45) is -6.37. The van der Waals surface area contributed by atoms with Crippen LogP contribution in [0.4, 0.5) is 0 Å². The van der Waals surface area contributed by atoms with Crippen LogP contribution in [0.2, 0.25) is 0 Å². The maximum atomic E-state index is 14.1. The summed E-state index contributed by atoms with van der Waals surface area (Å²) in [5, 5.41) is 98.2. The van der Waals surface area contributed by atoms with E-state index in [4.69, 9.17) is 28.4 Å². The number of ketones is 2. The molecule has 0 aromatic carbocycles. The van der Waals surface area contributed by atoms with E-state index in [0.29, 0.717) is 83.7 Å². The first-order chi connectivity index (χ1) is 36.0. The number of carbonyl (C=O) groups is 5. The summed E-state index contributed by atoms with van der Waals surface area (Å²) in [4.78, 5) is 66.5. The van der Waals surface area contributed by atoms with Gasteiger partial charge in [0.2, 0.25) is 17.7 Å². The SMILES string of the molecule is C[C@H]1C(O)[C@@H](O)C(CO)O[C@H]1OCCCCC(=O)NCCCCC(CC(=O)C(CCCCNC(=O)CCCCO[C@@H]1OC(CO)[C@H](O)C(O)[C@@H]1C)NC(=O)CCCCO[C@@H]1OC(CO)[C@H](O)C(O)[C@@H]1C)C(=O)C(C)(C)C. The van der Waals surface area contributed by atoms with Gasteiger partial charge < -0.3 is 90.3 Å². The van der Waals surface area contributed by atoms with Gasteiger partial charge in [0.1, 0.15) is 42.4 Å². The van der Waals surface area contributed by atoms with Crippen LogP contribution < -0.4 is 16.0 Å². The number of aliphatic hydroxyl groups is 9. The third kappa shape index (κ3) is 22.4. The number of Topliss-reactive ketones (excluding diaryl/α,β-unsaturated/α-hetero) is 2. The standard InChI is InChI=1S/C53H95N3O20/c1-31-43(64)46(67)37(28-57)74-50(31)71-24-14-9-19-40(61)54-22-12-7-17-34(49(70)53(4,5)6)27-36(60)35(56-42(63)21-11-16-26-73-52-33(3)45(66)48(69)39(30-59)76-52)18-8-13-23-55-41(62)20-10-15-25-72-51-32(2)44(65)47(68)38(29-58)75-51/h31-35,37-39,43-48,50-52,57-59,64-69H,7-30H2,1-6H3,(H,54,61)(H,55,62)(H,56,63)/t31-,32-,33-,34?,35?,37?,38?,39?,43?,44?,45?,46-,47-,48-,50+,51+,52+/m0/s1. The highest BCUT2D eigenvalue weighted by atomic mass is 16.7. The van der Waals surface area contributed by atoms with Gasteiger partial charge in [0.15, 0.2) is 24.7 Å². The van der Waals surface area contributed by atoms with Crippen molar-refractivity contribution in [2.45, 2.75) is 224 Å².